The number of sulfonamides is 1. The van der Waals surface area contributed by atoms with Gasteiger partial charge in [-0.2, -0.15) is 0 Å². The molecule has 1 saturated carbocycles. The normalized spacial score (nSPS) is 23.4. The van der Waals surface area contributed by atoms with Gasteiger partial charge in [0.05, 0.1) is 46.6 Å². The monoisotopic (exact) mass is 526 g/mol. The van der Waals surface area contributed by atoms with Gasteiger partial charge in [0.1, 0.15) is 30.5 Å². The standard InChI is InChI=1S/C25H30N6O5S/c1-14-3-6-18-23(36-9-8-30(18)2)17(14)5-4-16-12-31(25-20(16)24(26)28-13-29-25)19-11-15(21(32)22(19)33)7-10-37(27,34)35/h3,6,12-13,15,19,21-22,32-33H,7-11H2,1-2H3,(H2,26,28,29)(H2,27,34,35)/t15-,19-,21-,22+/m1/s1. The summed E-state index contributed by atoms with van der Waals surface area (Å²) in [6, 6.07) is 3.47. The van der Waals surface area contributed by atoms with E-state index in [9.17, 15) is 18.6 Å². The van der Waals surface area contributed by atoms with Crippen molar-refractivity contribution in [3.63, 3.8) is 0 Å². The summed E-state index contributed by atoms with van der Waals surface area (Å²) in [4.78, 5) is 10.6. The Morgan fingerprint density at radius 3 is 2.76 bits per heavy atom. The third kappa shape index (κ3) is 4.71. The van der Waals surface area contributed by atoms with Gasteiger partial charge in [-0.25, -0.2) is 23.5 Å². The summed E-state index contributed by atoms with van der Waals surface area (Å²) < 4.78 is 30.6. The molecule has 1 aromatic carbocycles. The molecule has 1 aliphatic heterocycles. The quantitative estimate of drug-likeness (QED) is 0.354. The van der Waals surface area contributed by atoms with Gasteiger partial charge in [-0.15, -0.1) is 0 Å². The van der Waals surface area contributed by atoms with E-state index in [1.54, 1.807) is 10.8 Å². The first-order valence-electron chi connectivity index (χ1n) is 12.0. The van der Waals surface area contributed by atoms with Crippen LogP contribution >= 0.6 is 0 Å². The molecule has 4 atom stereocenters. The number of primary sulfonamides is 1. The Hall–Kier alpha value is -3.37. The number of nitrogen functional groups attached to an aromatic ring is 1. The first kappa shape index (κ1) is 25.3. The van der Waals surface area contributed by atoms with E-state index in [0.717, 1.165) is 29.1 Å². The van der Waals surface area contributed by atoms with Crippen molar-refractivity contribution in [3.8, 4) is 17.6 Å². The first-order valence-corrected chi connectivity index (χ1v) is 13.7. The number of nitrogens with two attached hydrogens (primary N) is 2. The number of ether oxygens (including phenoxy) is 1. The van der Waals surface area contributed by atoms with Crippen molar-refractivity contribution < 1.29 is 23.4 Å². The largest absolute Gasteiger partial charge is 0.488 e. The average Bonchev–Trinajstić information content (AvgIpc) is 3.35. The molecular formula is C25H30N6O5S. The Morgan fingerprint density at radius 2 is 2.00 bits per heavy atom. The highest BCUT2D eigenvalue weighted by atomic mass is 32.2. The number of aliphatic hydroxyl groups is 2. The maximum atomic E-state index is 11.4. The minimum atomic E-state index is -3.69. The Labute approximate surface area is 215 Å². The highest BCUT2D eigenvalue weighted by Gasteiger charge is 2.43. The van der Waals surface area contributed by atoms with Crippen LogP contribution < -0.4 is 20.5 Å². The zero-order valence-electron chi connectivity index (χ0n) is 20.6. The molecule has 196 valence electrons. The van der Waals surface area contributed by atoms with Gasteiger partial charge in [0.2, 0.25) is 10.0 Å². The summed E-state index contributed by atoms with van der Waals surface area (Å²) in [7, 11) is -1.68. The van der Waals surface area contributed by atoms with Gasteiger partial charge in [0, 0.05) is 13.2 Å². The summed E-state index contributed by atoms with van der Waals surface area (Å²) in [5.41, 5.74) is 10.00. The lowest BCUT2D eigenvalue weighted by molar-refractivity contribution is 0.00631. The molecular weight excluding hydrogens is 496 g/mol. The molecule has 3 heterocycles. The van der Waals surface area contributed by atoms with Crippen LogP contribution in [0.5, 0.6) is 5.75 Å². The van der Waals surface area contributed by atoms with Crippen molar-refractivity contribution in [2.45, 2.75) is 38.0 Å². The van der Waals surface area contributed by atoms with Crippen LogP contribution in [0.1, 0.15) is 35.6 Å². The van der Waals surface area contributed by atoms with Gasteiger partial charge in [-0.05, 0) is 37.3 Å². The van der Waals surface area contributed by atoms with Gasteiger partial charge in [-0.1, -0.05) is 17.9 Å². The van der Waals surface area contributed by atoms with E-state index < -0.39 is 34.2 Å². The maximum Gasteiger partial charge on any atom is 0.209 e. The maximum absolute atomic E-state index is 11.4. The SMILES string of the molecule is Cc1ccc2c(c1C#Cc1cn([C@@H]3C[C@@H](CCS(N)(=O)=O)[C@@H](O)[C@H]3O)c3ncnc(N)c13)OCCN2C. The molecule has 37 heavy (non-hydrogen) atoms. The lowest BCUT2D eigenvalue weighted by Crippen LogP contribution is -2.30. The zero-order chi connectivity index (χ0) is 26.5. The minimum Gasteiger partial charge on any atom is -0.488 e. The van der Waals surface area contributed by atoms with Crippen LogP contribution in [0.15, 0.2) is 24.7 Å². The molecule has 1 aliphatic carbocycles. The second-order valence-electron chi connectivity index (χ2n) is 9.73. The van der Waals surface area contributed by atoms with Crippen molar-refractivity contribution in [3.05, 3.63) is 41.3 Å². The Kier molecular flexibility index (Phi) is 6.49. The van der Waals surface area contributed by atoms with Crippen LogP contribution in [-0.4, -0.2) is 71.3 Å². The predicted octanol–water partition coefficient (Wildman–Crippen LogP) is 0.512. The van der Waals surface area contributed by atoms with E-state index in [2.05, 4.69) is 26.7 Å². The average molecular weight is 527 g/mol. The number of rotatable bonds is 4. The number of anilines is 2. The topological polar surface area (TPSA) is 170 Å². The Morgan fingerprint density at radius 1 is 1.22 bits per heavy atom. The van der Waals surface area contributed by atoms with Crippen LogP contribution in [0.3, 0.4) is 0 Å². The molecule has 0 bridgehead atoms. The molecule has 12 heteroatoms. The first-order chi connectivity index (χ1) is 17.5. The second kappa shape index (κ2) is 9.50. The number of hydrogen-bond donors (Lipinski definition) is 4. The van der Waals surface area contributed by atoms with Crippen LogP contribution in [0, 0.1) is 24.7 Å². The lowest BCUT2D eigenvalue weighted by atomic mass is 10.0. The molecule has 11 nitrogen and oxygen atoms in total. The van der Waals surface area contributed by atoms with E-state index >= 15 is 0 Å². The number of likely N-dealkylation sites (N-methyl/N-ethyl adjacent to an activating group) is 1. The van der Waals surface area contributed by atoms with Crippen molar-refractivity contribution in [2.75, 3.05) is 36.6 Å². The second-order valence-corrected chi connectivity index (χ2v) is 11.5. The van der Waals surface area contributed by atoms with Gasteiger partial charge in [-0.3, -0.25) is 0 Å². The number of aliphatic hydroxyl groups excluding tert-OH is 2. The molecule has 5 rings (SSSR count). The predicted molar refractivity (Wildman–Crippen MR) is 140 cm³/mol. The van der Waals surface area contributed by atoms with E-state index in [-0.39, 0.29) is 18.0 Å². The van der Waals surface area contributed by atoms with Crippen LogP contribution in [0.2, 0.25) is 0 Å². The lowest BCUT2D eigenvalue weighted by Gasteiger charge is -2.28. The van der Waals surface area contributed by atoms with E-state index in [1.807, 2.05) is 26.1 Å². The smallest absolute Gasteiger partial charge is 0.209 e. The van der Waals surface area contributed by atoms with Crippen LogP contribution in [0.25, 0.3) is 11.0 Å². The summed E-state index contributed by atoms with van der Waals surface area (Å²) in [5.74, 6) is 6.72. The minimum absolute atomic E-state index is 0.142. The fourth-order valence-electron chi connectivity index (χ4n) is 5.24. The Balaban J connectivity index is 1.55. The molecule has 0 radical (unpaired) electrons. The molecule has 0 amide bonds. The Bertz CT molecular complexity index is 1530. The van der Waals surface area contributed by atoms with E-state index in [1.165, 1.54) is 6.33 Å². The molecule has 6 N–H and O–H groups in total. The molecule has 0 unspecified atom stereocenters. The van der Waals surface area contributed by atoms with Gasteiger partial charge >= 0.3 is 0 Å². The summed E-state index contributed by atoms with van der Waals surface area (Å²) in [6.45, 7) is 3.33. The number of fused-ring (bicyclic) bond motifs is 2. The van der Waals surface area contributed by atoms with Gasteiger partial charge in [0.15, 0.2) is 5.75 Å². The van der Waals surface area contributed by atoms with Crippen LogP contribution in [-0.2, 0) is 10.0 Å². The molecule has 2 aliphatic rings. The third-order valence-electron chi connectivity index (χ3n) is 7.29. The van der Waals surface area contributed by atoms with Gasteiger partial charge < -0.3 is 30.2 Å². The number of aryl methyl sites for hydroxylation is 1. The number of aromatic nitrogens is 3. The fourth-order valence-corrected chi connectivity index (χ4v) is 5.87. The summed E-state index contributed by atoms with van der Waals surface area (Å²) in [6.07, 6.45) is 1.33. The molecule has 0 saturated heterocycles. The van der Waals surface area contributed by atoms with Crippen molar-refractivity contribution in [2.24, 2.45) is 11.1 Å². The zero-order valence-corrected chi connectivity index (χ0v) is 21.4. The highest BCUT2D eigenvalue weighted by molar-refractivity contribution is 7.89. The van der Waals surface area contributed by atoms with Crippen molar-refractivity contribution in [1.82, 2.24) is 14.5 Å². The molecule has 0 spiro atoms. The molecule has 3 aromatic rings. The third-order valence-corrected chi connectivity index (χ3v) is 8.10. The van der Waals surface area contributed by atoms with E-state index in [4.69, 9.17) is 15.6 Å². The number of hydrogen-bond acceptors (Lipinski definition) is 9. The van der Waals surface area contributed by atoms with Crippen molar-refractivity contribution in [1.29, 1.82) is 0 Å². The summed E-state index contributed by atoms with van der Waals surface area (Å²) >= 11 is 0. The number of benzene rings is 1. The van der Waals surface area contributed by atoms with Gasteiger partial charge in [0.25, 0.3) is 0 Å². The molecule has 2 aromatic heterocycles. The number of nitrogens with zero attached hydrogens (tertiary/aromatic N) is 4. The van der Waals surface area contributed by atoms with Crippen LogP contribution in [0.4, 0.5) is 11.5 Å². The van der Waals surface area contributed by atoms with Crippen molar-refractivity contribution >= 4 is 32.6 Å². The summed E-state index contributed by atoms with van der Waals surface area (Å²) in [5, 5.41) is 27.2. The molecule has 1 fully saturated rings. The highest BCUT2D eigenvalue weighted by Crippen LogP contribution is 2.40. The van der Waals surface area contributed by atoms with E-state index in [0.29, 0.717) is 29.6 Å². The fraction of sp³-hybridized carbons (Fsp3) is 0.440.